The molecule has 0 fully saturated rings. The number of methoxy groups -OCH3 is 1. The van der Waals surface area contributed by atoms with Gasteiger partial charge in [-0.05, 0) is 24.5 Å². The molecule has 0 saturated heterocycles. The first kappa shape index (κ1) is 18.6. The second-order valence-corrected chi connectivity index (χ2v) is 6.02. The molecule has 0 spiro atoms. The maximum Gasteiger partial charge on any atom is 0.307 e. The van der Waals surface area contributed by atoms with Gasteiger partial charge in [-0.3, -0.25) is 9.59 Å². The van der Waals surface area contributed by atoms with Crippen LogP contribution in [-0.4, -0.2) is 61.5 Å². The molecule has 0 aromatic carbocycles. The van der Waals surface area contributed by atoms with Crippen molar-refractivity contribution in [3.63, 3.8) is 0 Å². The van der Waals surface area contributed by atoms with Crippen molar-refractivity contribution >= 4 is 23.2 Å². The number of hydrogen-bond donors (Lipinski definition) is 0. The number of esters is 1. The van der Waals surface area contributed by atoms with Crippen molar-refractivity contribution in [3.05, 3.63) is 22.4 Å². The summed E-state index contributed by atoms with van der Waals surface area (Å²) < 4.78 is 4.67. The van der Waals surface area contributed by atoms with Crippen LogP contribution >= 0.6 is 11.3 Å². The van der Waals surface area contributed by atoms with E-state index < -0.39 is 0 Å². The molecular weight excluding hydrogens is 300 g/mol. The molecule has 1 heterocycles. The van der Waals surface area contributed by atoms with E-state index in [1.165, 1.54) is 7.11 Å². The highest BCUT2D eigenvalue weighted by atomic mass is 32.1. The van der Waals surface area contributed by atoms with Crippen LogP contribution in [0.1, 0.15) is 25.1 Å². The van der Waals surface area contributed by atoms with E-state index in [0.717, 1.165) is 24.5 Å². The number of carbonyl (C=O) groups excluding carboxylic acids is 2. The Morgan fingerprint density at radius 3 is 2.45 bits per heavy atom. The lowest BCUT2D eigenvalue weighted by atomic mass is 10.2. The van der Waals surface area contributed by atoms with E-state index in [0.29, 0.717) is 19.5 Å². The minimum atomic E-state index is -0.281. The van der Waals surface area contributed by atoms with Crippen molar-refractivity contribution < 1.29 is 14.3 Å². The van der Waals surface area contributed by atoms with Crippen molar-refractivity contribution in [1.82, 2.24) is 9.80 Å². The summed E-state index contributed by atoms with van der Waals surface area (Å²) in [6.45, 7) is 8.01. The van der Waals surface area contributed by atoms with Crippen LogP contribution in [0.5, 0.6) is 0 Å². The lowest BCUT2D eigenvalue weighted by molar-refractivity contribution is -0.141. The van der Waals surface area contributed by atoms with Crippen LogP contribution in [-0.2, 0) is 20.7 Å². The maximum absolute atomic E-state index is 12.5. The predicted molar refractivity (Wildman–Crippen MR) is 89.0 cm³/mol. The first-order chi connectivity index (χ1) is 10.6. The van der Waals surface area contributed by atoms with Crippen LogP contribution in [0.2, 0.25) is 0 Å². The molecular formula is C16H26N2O3S. The topological polar surface area (TPSA) is 49.9 Å². The van der Waals surface area contributed by atoms with Gasteiger partial charge >= 0.3 is 5.97 Å². The molecule has 0 aliphatic carbocycles. The molecule has 0 aliphatic heterocycles. The van der Waals surface area contributed by atoms with Crippen LogP contribution in [0.15, 0.2) is 17.5 Å². The third-order valence-electron chi connectivity index (χ3n) is 3.65. The smallest absolute Gasteiger partial charge is 0.307 e. The molecule has 0 unspecified atom stereocenters. The number of carbonyl (C=O) groups is 2. The number of rotatable bonds is 10. The Bertz CT molecular complexity index is 444. The number of hydrogen-bond acceptors (Lipinski definition) is 5. The summed E-state index contributed by atoms with van der Waals surface area (Å²) in [5.74, 6) is -0.213. The Labute approximate surface area is 136 Å². The summed E-state index contributed by atoms with van der Waals surface area (Å²) in [6.07, 6.45) is 0.641. The number of nitrogens with zero attached hydrogens (tertiary/aromatic N) is 2. The standard InChI is InChI=1S/C16H26N2O3S/c1-4-17(5-2)10-11-18(9-8-16(20)21-3)15(19)13-14-7-6-12-22-14/h6-7,12H,4-5,8-11,13H2,1-3H3. The molecule has 0 bridgehead atoms. The molecule has 0 saturated carbocycles. The minimum absolute atomic E-state index is 0.0681. The summed E-state index contributed by atoms with van der Waals surface area (Å²) in [6, 6.07) is 3.91. The Balaban J connectivity index is 2.59. The Kier molecular flexibility index (Phi) is 8.77. The normalized spacial score (nSPS) is 10.7. The highest BCUT2D eigenvalue weighted by Gasteiger charge is 2.17. The van der Waals surface area contributed by atoms with Crippen LogP contribution in [0, 0.1) is 0 Å². The van der Waals surface area contributed by atoms with E-state index in [4.69, 9.17) is 0 Å². The molecule has 124 valence electrons. The number of ether oxygens (including phenoxy) is 1. The zero-order valence-corrected chi connectivity index (χ0v) is 14.5. The third-order valence-corrected chi connectivity index (χ3v) is 4.53. The van der Waals surface area contributed by atoms with Crippen molar-refractivity contribution in [2.45, 2.75) is 26.7 Å². The fourth-order valence-electron chi connectivity index (χ4n) is 2.17. The zero-order valence-electron chi connectivity index (χ0n) is 13.7. The van der Waals surface area contributed by atoms with Gasteiger partial charge in [0.05, 0.1) is 20.0 Å². The van der Waals surface area contributed by atoms with E-state index in [1.54, 1.807) is 16.2 Å². The first-order valence-corrected chi connectivity index (χ1v) is 8.58. The Morgan fingerprint density at radius 2 is 1.91 bits per heavy atom. The molecule has 1 aromatic rings. The van der Waals surface area contributed by atoms with Gasteiger partial charge in [0, 0.05) is 24.5 Å². The molecule has 0 radical (unpaired) electrons. The summed E-state index contributed by atoms with van der Waals surface area (Å²) in [5.41, 5.74) is 0. The summed E-state index contributed by atoms with van der Waals surface area (Å²) >= 11 is 1.58. The van der Waals surface area contributed by atoms with Crippen LogP contribution < -0.4 is 0 Å². The van der Waals surface area contributed by atoms with Gasteiger partial charge in [0.2, 0.25) is 5.91 Å². The van der Waals surface area contributed by atoms with Gasteiger partial charge in [0.25, 0.3) is 0 Å². The summed E-state index contributed by atoms with van der Waals surface area (Å²) in [5, 5.41) is 1.97. The highest BCUT2D eigenvalue weighted by molar-refractivity contribution is 7.10. The number of amides is 1. The molecule has 0 atom stereocenters. The predicted octanol–water partition coefficient (Wildman–Crippen LogP) is 2.02. The Hall–Kier alpha value is -1.40. The summed E-state index contributed by atoms with van der Waals surface area (Å²) in [4.78, 5) is 28.9. The van der Waals surface area contributed by atoms with E-state index in [1.807, 2.05) is 17.5 Å². The molecule has 6 heteroatoms. The second kappa shape index (κ2) is 10.3. The maximum atomic E-state index is 12.5. The second-order valence-electron chi connectivity index (χ2n) is 4.99. The van der Waals surface area contributed by atoms with Gasteiger partial charge < -0.3 is 14.5 Å². The van der Waals surface area contributed by atoms with Crippen LogP contribution in [0.3, 0.4) is 0 Å². The van der Waals surface area contributed by atoms with Gasteiger partial charge in [-0.2, -0.15) is 0 Å². The van der Waals surface area contributed by atoms with Gasteiger partial charge in [-0.25, -0.2) is 0 Å². The molecule has 0 N–H and O–H groups in total. The lowest BCUT2D eigenvalue weighted by Gasteiger charge is -2.26. The van der Waals surface area contributed by atoms with Crippen molar-refractivity contribution in [2.24, 2.45) is 0 Å². The van der Waals surface area contributed by atoms with Gasteiger partial charge in [-0.1, -0.05) is 19.9 Å². The van der Waals surface area contributed by atoms with E-state index in [9.17, 15) is 9.59 Å². The monoisotopic (exact) mass is 326 g/mol. The highest BCUT2D eigenvalue weighted by Crippen LogP contribution is 2.11. The van der Waals surface area contributed by atoms with Crippen LogP contribution in [0.4, 0.5) is 0 Å². The molecule has 0 aliphatic rings. The van der Waals surface area contributed by atoms with Gasteiger partial charge in [0.1, 0.15) is 0 Å². The fraction of sp³-hybridized carbons (Fsp3) is 0.625. The van der Waals surface area contributed by atoms with E-state index in [-0.39, 0.29) is 18.3 Å². The first-order valence-electron chi connectivity index (χ1n) is 7.70. The molecule has 1 aromatic heterocycles. The largest absolute Gasteiger partial charge is 0.469 e. The van der Waals surface area contributed by atoms with Crippen molar-refractivity contribution in [1.29, 1.82) is 0 Å². The van der Waals surface area contributed by atoms with Crippen LogP contribution in [0.25, 0.3) is 0 Å². The van der Waals surface area contributed by atoms with Crippen molar-refractivity contribution in [2.75, 3.05) is 39.8 Å². The summed E-state index contributed by atoms with van der Waals surface area (Å²) in [7, 11) is 1.37. The Morgan fingerprint density at radius 1 is 1.18 bits per heavy atom. The molecule has 22 heavy (non-hydrogen) atoms. The SMILES string of the molecule is CCN(CC)CCN(CCC(=O)OC)C(=O)Cc1cccs1. The quantitative estimate of drug-likeness (QED) is 0.617. The molecule has 1 rings (SSSR count). The number of thiophene rings is 1. The minimum Gasteiger partial charge on any atom is -0.469 e. The molecule has 5 nitrogen and oxygen atoms in total. The number of likely N-dealkylation sites (N-methyl/N-ethyl adjacent to an activating group) is 1. The molecule has 1 amide bonds. The average molecular weight is 326 g/mol. The lowest BCUT2D eigenvalue weighted by Crippen LogP contribution is -2.40. The van der Waals surface area contributed by atoms with Gasteiger partial charge in [-0.15, -0.1) is 11.3 Å². The van der Waals surface area contributed by atoms with Crippen molar-refractivity contribution in [3.8, 4) is 0 Å². The average Bonchev–Trinajstić information content (AvgIpc) is 3.03. The zero-order chi connectivity index (χ0) is 16.4. The fourth-order valence-corrected chi connectivity index (χ4v) is 2.86. The van der Waals surface area contributed by atoms with E-state index in [2.05, 4.69) is 23.5 Å². The van der Waals surface area contributed by atoms with Gasteiger partial charge in [0.15, 0.2) is 0 Å². The third kappa shape index (κ3) is 6.58. The van der Waals surface area contributed by atoms with E-state index >= 15 is 0 Å².